The third kappa shape index (κ3) is 3.93. The predicted molar refractivity (Wildman–Crippen MR) is 119 cm³/mol. The second-order valence-corrected chi connectivity index (χ2v) is 7.12. The number of halogens is 1. The molecule has 0 fully saturated rings. The van der Waals surface area contributed by atoms with E-state index in [0.29, 0.717) is 33.1 Å². The predicted octanol–water partition coefficient (Wildman–Crippen LogP) is 5.45. The number of esters is 1. The van der Waals surface area contributed by atoms with Crippen molar-refractivity contribution in [1.82, 2.24) is 0 Å². The van der Waals surface area contributed by atoms with Crippen molar-refractivity contribution in [2.45, 2.75) is 6.92 Å². The van der Waals surface area contributed by atoms with Crippen molar-refractivity contribution in [3.63, 3.8) is 0 Å². The maximum atomic E-state index is 13.0. The van der Waals surface area contributed by atoms with Gasteiger partial charge in [-0.2, -0.15) is 0 Å². The largest absolute Gasteiger partial charge is 0.462 e. The summed E-state index contributed by atoms with van der Waals surface area (Å²) in [5.74, 6) is -0.666. The van der Waals surface area contributed by atoms with Gasteiger partial charge in [-0.15, -0.1) is 0 Å². The highest BCUT2D eigenvalue weighted by Crippen LogP contribution is 2.38. The molecule has 1 heterocycles. The Labute approximate surface area is 179 Å². The van der Waals surface area contributed by atoms with Crippen molar-refractivity contribution in [3.05, 3.63) is 94.5 Å². The number of carbonyl (C=O) groups is 2. The Morgan fingerprint density at radius 1 is 1.00 bits per heavy atom. The van der Waals surface area contributed by atoms with E-state index in [2.05, 4.69) is 10.6 Å². The highest BCUT2D eigenvalue weighted by molar-refractivity contribution is 6.37. The minimum Gasteiger partial charge on any atom is -0.462 e. The second-order valence-electron chi connectivity index (χ2n) is 6.68. The number of benzene rings is 3. The van der Waals surface area contributed by atoms with Gasteiger partial charge in [-0.25, -0.2) is 4.79 Å². The summed E-state index contributed by atoms with van der Waals surface area (Å²) in [4.78, 5) is 25.0. The summed E-state index contributed by atoms with van der Waals surface area (Å²) in [6.07, 6.45) is 0. The molecule has 150 valence electrons. The fraction of sp³-hybridized carbons (Fsp3) is 0.0833. The third-order valence-electron chi connectivity index (χ3n) is 4.70. The van der Waals surface area contributed by atoms with E-state index in [4.69, 9.17) is 16.3 Å². The van der Waals surface area contributed by atoms with Crippen LogP contribution >= 0.6 is 11.6 Å². The number of ether oxygens (including phenoxy) is 1. The zero-order valence-electron chi connectivity index (χ0n) is 16.2. The Morgan fingerprint density at radius 2 is 1.73 bits per heavy atom. The SMILES string of the molecule is CCOC(=O)c1ccc2c(c1)NC(=O)/C2=C(\Nc1ccc(Cl)cc1)c1ccccc1. The molecule has 0 radical (unpaired) electrons. The number of fused-ring (bicyclic) bond motifs is 1. The summed E-state index contributed by atoms with van der Waals surface area (Å²) in [7, 11) is 0. The van der Waals surface area contributed by atoms with Crippen LogP contribution < -0.4 is 10.6 Å². The normalized spacial score (nSPS) is 14.0. The van der Waals surface area contributed by atoms with E-state index in [1.165, 1.54) is 0 Å². The van der Waals surface area contributed by atoms with Gasteiger partial charge < -0.3 is 15.4 Å². The van der Waals surface area contributed by atoms with Crippen molar-refractivity contribution < 1.29 is 14.3 Å². The highest BCUT2D eigenvalue weighted by atomic mass is 35.5. The van der Waals surface area contributed by atoms with Gasteiger partial charge in [0.2, 0.25) is 0 Å². The van der Waals surface area contributed by atoms with E-state index in [-0.39, 0.29) is 12.5 Å². The minimum atomic E-state index is -0.422. The lowest BCUT2D eigenvalue weighted by molar-refractivity contribution is -0.110. The number of hydrogen-bond acceptors (Lipinski definition) is 4. The van der Waals surface area contributed by atoms with E-state index in [0.717, 1.165) is 11.3 Å². The van der Waals surface area contributed by atoms with Crippen molar-refractivity contribution in [3.8, 4) is 0 Å². The molecule has 30 heavy (non-hydrogen) atoms. The lowest BCUT2D eigenvalue weighted by Gasteiger charge is -2.15. The second kappa shape index (κ2) is 8.43. The van der Waals surface area contributed by atoms with Crippen LogP contribution in [0.1, 0.15) is 28.4 Å². The number of nitrogens with one attached hydrogen (secondary N) is 2. The van der Waals surface area contributed by atoms with Gasteiger partial charge in [0.25, 0.3) is 5.91 Å². The molecule has 3 aromatic carbocycles. The molecule has 0 saturated carbocycles. The van der Waals surface area contributed by atoms with Gasteiger partial charge in [-0.3, -0.25) is 4.79 Å². The summed E-state index contributed by atoms with van der Waals surface area (Å²) in [5.41, 5.74) is 4.51. The molecule has 0 unspecified atom stereocenters. The van der Waals surface area contributed by atoms with Crippen LogP contribution in [0.15, 0.2) is 72.8 Å². The lowest BCUT2D eigenvalue weighted by Crippen LogP contribution is -2.10. The number of carbonyl (C=O) groups excluding carboxylic acids is 2. The Hall–Kier alpha value is -3.57. The Bertz CT molecular complexity index is 1140. The molecule has 1 aliphatic heterocycles. The first-order chi connectivity index (χ1) is 14.6. The quantitative estimate of drug-likeness (QED) is 0.427. The number of amides is 1. The molecule has 0 bridgehead atoms. The summed E-state index contributed by atoms with van der Waals surface area (Å²) in [5, 5.41) is 6.86. The van der Waals surface area contributed by atoms with E-state index >= 15 is 0 Å². The van der Waals surface area contributed by atoms with Gasteiger partial charge in [-0.05, 0) is 48.9 Å². The zero-order valence-corrected chi connectivity index (χ0v) is 17.0. The van der Waals surface area contributed by atoms with E-state index in [9.17, 15) is 9.59 Å². The number of hydrogen-bond donors (Lipinski definition) is 2. The van der Waals surface area contributed by atoms with Gasteiger partial charge in [0.1, 0.15) is 0 Å². The molecular weight excluding hydrogens is 400 g/mol. The standard InChI is InChI=1S/C24H19ClN2O3/c1-2-30-24(29)16-8-13-19-20(14-16)27-23(28)21(19)22(15-6-4-3-5-7-15)26-18-11-9-17(25)10-12-18/h3-14,26H,2H2,1H3,(H,27,28)/b22-21-. The van der Waals surface area contributed by atoms with E-state index in [1.807, 2.05) is 42.5 Å². The molecule has 0 saturated heterocycles. The number of anilines is 2. The highest BCUT2D eigenvalue weighted by Gasteiger charge is 2.29. The molecule has 1 aliphatic rings. The van der Waals surface area contributed by atoms with Crippen LogP contribution in [-0.4, -0.2) is 18.5 Å². The monoisotopic (exact) mass is 418 g/mol. The van der Waals surface area contributed by atoms with Gasteiger partial charge in [0.15, 0.2) is 0 Å². The fourth-order valence-corrected chi connectivity index (χ4v) is 3.45. The Balaban J connectivity index is 1.83. The molecule has 1 amide bonds. The van der Waals surface area contributed by atoms with Crippen LogP contribution in [0.25, 0.3) is 11.3 Å². The maximum absolute atomic E-state index is 13.0. The summed E-state index contributed by atoms with van der Waals surface area (Å²) in [6.45, 7) is 2.04. The van der Waals surface area contributed by atoms with Gasteiger partial charge in [0.05, 0.1) is 29.1 Å². The van der Waals surface area contributed by atoms with Gasteiger partial charge >= 0.3 is 5.97 Å². The Kier molecular flexibility index (Phi) is 5.55. The molecular formula is C24H19ClN2O3. The molecule has 3 aromatic rings. The first-order valence-electron chi connectivity index (χ1n) is 9.52. The van der Waals surface area contributed by atoms with Crippen molar-refractivity contribution in [2.24, 2.45) is 0 Å². The molecule has 5 nitrogen and oxygen atoms in total. The van der Waals surface area contributed by atoms with Crippen LogP contribution in [0, 0.1) is 0 Å². The van der Waals surface area contributed by atoms with Crippen molar-refractivity contribution in [2.75, 3.05) is 17.2 Å². The van der Waals surface area contributed by atoms with Crippen molar-refractivity contribution >= 4 is 46.1 Å². The Morgan fingerprint density at radius 3 is 2.43 bits per heavy atom. The molecule has 6 heteroatoms. The third-order valence-corrected chi connectivity index (χ3v) is 4.95. The summed E-state index contributed by atoms with van der Waals surface area (Å²) < 4.78 is 5.06. The molecule has 0 spiro atoms. The lowest BCUT2D eigenvalue weighted by atomic mass is 9.99. The number of rotatable bonds is 5. The van der Waals surface area contributed by atoms with Crippen LogP contribution in [-0.2, 0) is 9.53 Å². The van der Waals surface area contributed by atoms with Crippen molar-refractivity contribution in [1.29, 1.82) is 0 Å². The minimum absolute atomic E-state index is 0.244. The zero-order chi connectivity index (χ0) is 21.1. The summed E-state index contributed by atoms with van der Waals surface area (Å²) >= 11 is 6.00. The molecule has 0 atom stereocenters. The summed E-state index contributed by atoms with van der Waals surface area (Å²) in [6, 6.07) is 22.0. The van der Waals surface area contributed by atoms with Crippen LogP contribution in [0.5, 0.6) is 0 Å². The van der Waals surface area contributed by atoms with Crippen LogP contribution in [0.2, 0.25) is 5.02 Å². The van der Waals surface area contributed by atoms with Crippen LogP contribution in [0.4, 0.5) is 11.4 Å². The van der Waals surface area contributed by atoms with Gasteiger partial charge in [0, 0.05) is 16.3 Å². The first-order valence-corrected chi connectivity index (χ1v) is 9.90. The molecule has 4 rings (SSSR count). The fourth-order valence-electron chi connectivity index (χ4n) is 3.32. The van der Waals surface area contributed by atoms with E-state index in [1.54, 1.807) is 37.3 Å². The van der Waals surface area contributed by atoms with E-state index < -0.39 is 5.97 Å². The molecule has 0 aromatic heterocycles. The molecule has 0 aliphatic carbocycles. The van der Waals surface area contributed by atoms with Crippen LogP contribution in [0.3, 0.4) is 0 Å². The van der Waals surface area contributed by atoms with Gasteiger partial charge in [-0.1, -0.05) is 48.0 Å². The maximum Gasteiger partial charge on any atom is 0.338 e. The smallest absolute Gasteiger partial charge is 0.338 e. The topological polar surface area (TPSA) is 67.4 Å². The molecule has 2 N–H and O–H groups in total. The first kappa shape index (κ1) is 19.7. The average molecular weight is 419 g/mol. The average Bonchev–Trinajstić information content (AvgIpc) is 3.09.